The molecule has 1 aliphatic carbocycles. The number of ether oxygens (including phenoxy) is 2. The average molecular weight is 452 g/mol. The first-order valence-corrected chi connectivity index (χ1v) is 11.9. The van der Waals surface area contributed by atoms with Crippen molar-refractivity contribution in [1.29, 1.82) is 0 Å². The van der Waals surface area contributed by atoms with Gasteiger partial charge in [-0.15, -0.1) is 0 Å². The van der Waals surface area contributed by atoms with Crippen molar-refractivity contribution in [2.75, 3.05) is 0 Å². The third kappa shape index (κ3) is 4.94. The number of fused-ring (bicyclic) bond motifs is 1. The zero-order valence-corrected chi connectivity index (χ0v) is 19.2. The number of hydrogen-bond donors (Lipinski definition) is 1. The van der Waals surface area contributed by atoms with Gasteiger partial charge < -0.3 is 14.8 Å². The van der Waals surface area contributed by atoms with Gasteiger partial charge in [0, 0.05) is 25.8 Å². The van der Waals surface area contributed by atoms with E-state index in [1.807, 2.05) is 19.3 Å². The Labute approximate surface area is 194 Å². The Hall–Kier alpha value is -2.50. The Balaban J connectivity index is 1.11. The van der Waals surface area contributed by atoms with Crippen molar-refractivity contribution >= 4 is 11.6 Å². The second kappa shape index (κ2) is 9.55. The highest BCUT2D eigenvalue weighted by atomic mass is 35.5. The number of hydrogen-bond acceptors (Lipinski definition) is 4. The molecule has 32 heavy (non-hydrogen) atoms. The molecule has 0 radical (unpaired) electrons. The highest BCUT2D eigenvalue weighted by molar-refractivity contribution is 6.31. The van der Waals surface area contributed by atoms with E-state index in [4.69, 9.17) is 21.1 Å². The van der Waals surface area contributed by atoms with Gasteiger partial charge in [-0.3, -0.25) is 4.68 Å². The van der Waals surface area contributed by atoms with Crippen LogP contribution in [-0.4, -0.2) is 21.9 Å². The molecule has 2 aliphatic rings. The van der Waals surface area contributed by atoms with Gasteiger partial charge in [0.05, 0.1) is 16.8 Å². The van der Waals surface area contributed by atoms with Gasteiger partial charge >= 0.3 is 0 Å². The van der Waals surface area contributed by atoms with E-state index in [9.17, 15) is 0 Å². The topological polar surface area (TPSA) is 48.3 Å². The van der Waals surface area contributed by atoms with Crippen LogP contribution in [0.4, 0.5) is 0 Å². The summed E-state index contributed by atoms with van der Waals surface area (Å²) < 4.78 is 14.4. The summed E-state index contributed by atoms with van der Waals surface area (Å²) in [7, 11) is 1.90. The number of nitrogens with zero attached hydrogens (tertiary/aromatic N) is 2. The Bertz CT molecular complexity index is 1040. The maximum atomic E-state index is 6.35. The van der Waals surface area contributed by atoms with Crippen molar-refractivity contribution in [2.24, 2.45) is 7.05 Å². The van der Waals surface area contributed by atoms with Gasteiger partial charge in [0.2, 0.25) is 0 Å². The third-order valence-electron chi connectivity index (χ3n) is 6.54. The number of aromatic nitrogens is 2. The first-order chi connectivity index (χ1) is 15.6. The number of nitrogens with one attached hydrogen (secondary N) is 1. The lowest BCUT2D eigenvalue weighted by Crippen LogP contribution is -2.36. The molecule has 3 aromatic rings. The molecule has 1 atom stereocenters. The Morgan fingerprint density at radius 3 is 2.66 bits per heavy atom. The Kier molecular flexibility index (Phi) is 6.37. The smallest absolute Gasteiger partial charge is 0.124 e. The fourth-order valence-corrected chi connectivity index (χ4v) is 5.03. The van der Waals surface area contributed by atoms with Crippen LogP contribution in [0.2, 0.25) is 5.02 Å². The largest absolute Gasteiger partial charge is 0.490 e. The molecule has 2 aromatic carbocycles. The number of rotatable bonds is 6. The van der Waals surface area contributed by atoms with Crippen molar-refractivity contribution in [3.05, 3.63) is 76.6 Å². The van der Waals surface area contributed by atoms with E-state index >= 15 is 0 Å². The molecule has 1 saturated carbocycles. The molecule has 6 heteroatoms. The normalized spacial score (nSPS) is 22.8. The summed E-state index contributed by atoms with van der Waals surface area (Å²) in [6.45, 7) is 0.713. The first-order valence-electron chi connectivity index (χ1n) is 11.6. The third-order valence-corrected chi connectivity index (χ3v) is 6.85. The summed E-state index contributed by atoms with van der Waals surface area (Å²) in [4.78, 5) is 0. The fourth-order valence-electron chi connectivity index (χ4n) is 4.78. The molecule has 0 bridgehead atoms. The van der Waals surface area contributed by atoms with Crippen molar-refractivity contribution in [2.45, 2.75) is 63.3 Å². The van der Waals surface area contributed by atoms with Crippen molar-refractivity contribution in [3.8, 4) is 11.5 Å². The molecule has 0 spiro atoms. The Morgan fingerprint density at radius 2 is 1.91 bits per heavy atom. The minimum absolute atomic E-state index is 0.138. The molecule has 2 heterocycles. The maximum absolute atomic E-state index is 6.35. The molecule has 0 amide bonds. The van der Waals surface area contributed by atoms with Crippen LogP contribution in [0.3, 0.4) is 0 Å². The van der Waals surface area contributed by atoms with Crippen molar-refractivity contribution < 1.29 is 9.47 Å². The molecule has 1 N–H and O–H groups in total. The van der Waals surface area contributed by atoms with E-state index in [0.717, 1.165) is 60.7 Å². The maximum Gasteiger partial charge on any atom is 0.124 e. The Morgan fingerprint density at radius 1 is 1.09 bits per heavy atom. The van der Waals surface area contributed by atoms with Gasteiger partial charge in [-0.25, -0.2) is 0 Å². The van der Waals surface area contributed by atoms with Crippen LogP contribution in [0.5, 0.6) is 11.5 Å². The fraction of sp³-hybridized carbons (Fsp3) is 0.423. The minimum Gasteiger partial charge on any atom is -0.490 e. The van der Waals surface area contributed by atoms with Crippen LogP contribution >= 0.6 is 11.6 Å². The second-order valence-electron chi connectivity index (χ2n) is 8.90. The van der Waals surface area contributed by atoms with E-state index in [0.29, 0.717) is 12.6 Å². The molecular weight excluding hydrogens is 422 g/mol. The molecule has 0 saturated heterocycles. The highest BCUT2D eigenvalue weighted by Gasteiger charge is 2.25. The first kappa shape index (κ1) is 21.4. The van der Waals surface area contributed by atoms with E-state index in [1.165, 1.54) is 11.1 Å². The molecule has 1 fully saturated rings. The molecule has 168 valence electrons. The quantitative estimate of drug-likeness (QED) is 0.528. The molecule has 5 nitrogen and oxygen atoms in total. The number of halogens is 1. The summed E-state index contributed by atoms with van der Waals surface area (Å²) in [5, 5.41) is 8.74. The highest BCUT2D eigenvalue weighted by Crippen LogP contribution is 2.37. The lowest BCUT2D eigenvalue weighted by atomic mass is 9.92. The lowest BCUT2D eigenvalue weighted by Gasteiger charge is -2.30. The predicted octanol–water partition coefficient (Wildman–Crippen LogP) is 5.62. The predicted molar refractivity (Wildman–Crippen MR) is 126 cm³/mol. The summed E-state index contributed by atoms with van der Waals surface area (Å²) in [5.74, 6) is 1.95. The zero-order chi connectivity index (χ0) is 21.9. The molecular formula is C26H30ClN3O2. The summed E-state index contributed by atoms with van der Waals surface area (Å²) in [5.41, 5.74) is 3.41. The van der Waals surface area contributed by atoms with Gasteiger partial charge in [0.15, 0.2) is 0 Å². The minimum atomic E-state index is 0.138. The monoisotopic (exact) mass is 451 g/mol. The van der Waals surface area contributed by atoms with E-state index < -0.39 is 0 Å². The van der Waals surface area contributed by atoms with Crippen LogP contribution in [0.1, 0.15) is 55.0 Å². The van der Waals surface area contributed by atoms with Gasteiger partial charge in [-0.05, 0) is 67.9 Å². The van der Waals surface area contributed by atoms with E-state index in [-0.39, 0.29) is 12.2 Å². The number of aryl methyl sites for hydroxylation is 2. The lowest BCUT2D eigenvalue weighted by molar-refractivity contribution is 0.138. The van der Waals surface area contributed by atoms with Crippen LogP contribution < -0.4 is 14.8 Å². The standard InChI is InChI=1S/C26H30ClN3O2/c1-30-17-23(27)24(29-30)16-28-20-8-10-21(11-9-20)31-22-12-14-26-19(15-22)7-13-25(32-26)18-5-3-2-4-6-18/h2-6,12,14-15,17,20-21,25,28H,7-11,13,16H2,1H3. The SMILES string of the molecule is Cn1cc(Cl)c(CNC2CCC(Oc3ccc4c(c3)CCC(c3ccccc3)O4)CC2)n1. The average Bonchev–Trinajstić information content (AvgIpc) is 3.15. The van der Waals surface area contributed by atoms with Crippen molar-refractivity contribution in [3.63, 3.8) is 0 Å². The summed E-state index contributed by atoms with van der Waals surface area (Å²) in [6.07, 6.45) is 8.56. The van der Waals surface area contributed by atoms with Crippen LogP contribution in [0, 0.1) is 0 Å². The molecule has 5 rings (SSSR count). The molecule has 1 aromatic heterocycles. The molecule has 1 aliphatic heterocycles. The summed E-state index contributed by atoms with van der Waals surface area (Å²) in [6, 6.07) is 17.3. The van der Waals surface area contributed by atoms with Gasteiger partial charge in [-0.1, -0.05) is 41.9 Å². The van der Waals surface area contributed by atoms with Gasteiger partial charge in [0.1, 0.15) is 17.6 Å². The van der Waals surface area contributed by atoms with Gasteiger partial charge in [0.25, 0.3) is 0 Å². The summed E-state index contributed by atoms with van der Waals surface area (Å²) >= 11 is 6.21. The van der Waals surface area contributed by atoms with Crippen molar-refractivity contribution in [1.82, 2.24) is 15.1 Å². The number of benzene rings is 2. The van der Waals surface area contributed by atoms with Gasteiger partial charge in [-0.2, -0.15) is 5.10 Å². The van der Waals surface area contributed by atoms with E-state index in [2.05, 4.69) is 52.9 Å². The zero-order valence-electron chi connectivity index (χ0n) is 18.5. The van der Waals surface area contributed by atoms with E-state index in [1.54, 1.807) is 4.68 Å². The molecule has 1 unspecified atom stereocenters. The van der Waals surface area contributed by atoms with Crippen LogP contribution in [0.15, 0.2) is 54.7 Å². The second-order valence-corrected chi connectivity index (χ2v) is 9.30. The van der Waals surface area contributed by atoms with Crippen LogP contribution in [0.25, 0.3) is 0 Å². The van der Waals surface area contributed by atoms with Crippen LogP contribution in [-0.2, 0) is 20.0 Å².